The fraction of sp³-hybridized carbons (Fsp3) is 1.00. The van der Waals surface area contributed by atoms with E-state index < -0.39 is 12.8 Å². The lowest BCUT2D eigenvalue weighted by molar-refractivity contribution is -0.208. The van der Waals surface area contributed by atoms with Gasteiger partial charge in [0.25, 0.3) is 0 Å². The van der Waals surface area contributed by atoms with Crippen molar-refractivity contribution < 1.29 is 28.1 Å². The molecule has 8 heavy (non-hydrogen) atoms. The van der Waals surface area contributed by atoms with E-state index in [4.69, 9.17) is 14.9 Å². The van der Waals surface area contributed by atoms with E-state index in [2.05, 4.69) is 0 Å². The van der Waals surface area contributed by atoms with Crippen molar-refractivity contribution in [3.8, 4) is 0 Å². The number of alkyl halides is 3. The van der Waals surface area contributed by atoms with Crippen LogP contribution >= 0.6 is 0 Å². The first-order chi connectivity index (χ1) is 3.56. The topological polar surface area (TPSA) is 40.5 Å². The van der Waals surface area contributed by atoms with Crippen LogP contribution in [0.2, 0.25) is 0 Å². The lowest BCUT2D eigenvalue weighted by atomic mass is 10.7. The van der Waals surface area contributed by atoms with Crippen LogP contribution in [0, 0.1) is 0 Å². The minimum absolute atomic E-state index is 2.01. The van der Waals surface area contributed by atoms with Crippen LogP contribution in [0.3, 0.4) is 0 Å². The van der Waals surface area contributed by atoms with E-state index in [1.807, 2.05) is 0 Å². The monoisotopic (exact) mass is 136 g/mol. The predicted molar refractivity (Wildman–Crippen MR) is 16.5 cm³/mol. The summed E-state index contributed by atoms with van der Waals surface area (Å²) in [6.45, 7) is -2.01. The highest BCUT2D eigenvalue weighted by atomic mass is 19.3. The van der Waals surface area contributed by atoms with Crippen LogP contribution in [0.5, 0.6) is 0 Å². The molecule has 0 atom stereocenters. The molecule has 0 fully saturated rings. The number of aliphatic hydroxyl groups is 1. The summed E-state index contributed by atoms with van der Waals surface area (Å²) in [5.41, 5.74) is 0. The number of halogens is 4. The van der Waals surface area contributed by atoms with Gasteiger partial charge in [0.05, 0.1) is 0 Å². The van der Waals surface area contributed by atoms with Gasteiger partial charge in [0, 0.05) is 0 Å². The standard InChI is InChI=1S/C2H3F3O.FHO/c3-1-2(4,5)6;1-2/h6H,1H2;2H. The van der Waals surface area contributed by atoms with E-state index in [1.165, 1.54) is 0 Å². The van der Waals surface area contributed by atoms with Crippen molar-refractivity contribution in [3.63, 3.8) is 0 Å². The highest BCUT2D eigenvalue weighted by molar-refractivity contribution is 4.38. The molecule has 0 saturated heterocycles. The molecule has 0 aliphatic heterocycles. The average molecular weight is 136 g/mol. The summed E-state index contributed by atoms with van der Waals surface area (Å²) < 4.78 is 40.3. The minimum Gasteiger partial charge on any atom is -0.334 e. The van der Waals surface area contributed by atoms with Crippen LogP contribution in [0.1, 0.15) is 0 Å². The molecule has 0 spiro atoms. The maximum atomic E-state index is 10.6. The van der Waals surface area contributed by atoms with Crippen LogP contribution < -0.4 is 0 Å². The Labute approximate surface area is 42.3 Å². The second kappa shape index (κ2) is 4.79. The van der Waals surface area contributed by atoms with Crippen molar-refractivity contribution in [1.29, 1.82) is 0 Å². The average Bonchev–Trinajstić information content (AvgIpc) is 1.71. The quantitative estimate of drug-likeness (QED) is 0.512. The number of hydrogen-bond donors (Lipinski definition) is 2. The van der Waals surface area contributed by atoms with E-state index in [0.29, 0.717) is 0 Å². The maximum absolute atomic E-state index is 10.6. The Morgan fingerprint density at radius 3 is 1.38 bits per heavy atom. The second-order valence-electron chi connectivity index (χ2n) is 0.799. The van der Waals surface area contributed by atoms with Crippen molar-refractivity contribution >= 4 is 0 Å². The van der Waals surface area contributed by atoms with Gasteiger partial charge in [-0.2, -0.15) is 8.78 Å². The van der Waals surface area contributed by atoms with Gasteiger partial charge in [-0.15, -0.1) is 0 Å². The van der Waals surface area contributed by atoms with Gasteiger partial charge in [-0.3, -0.25) is 0 Å². The van der Waals surface area contributed by atoms with Crippen LogP contribution in [-0.4, -0.2) is 23.2 Å². The molecule has 0 saturated carbocycles. The highest BCUT2D eigenvalue weighted by Gasteiger charge is 2.22. The molecule has 0 bridgehead atoms. The fourth-order valence-corrected chi connectivity index (χ4v) is 0. The molecule has 0 radical (unpaired) electrons. The summed E-state index contributed by atoms with van der Waals surface area (Å²) in [5, 5.41) is 12.6. The summed E-state index contributed by atoms with van der Waals surface area (Å²) in [6, 6.07) is 0. The Kier molecular flexibility index (Phi) is 6.34. The van der Waals surface area contributed by atoms with Gasteiger partial charge >= 0.3 is 6.11 Å². The zero-order chi connectivity index (χ0) is 7.21. The van der Waals surface area contributed by atoms with Gasteiger partial charge in [0.15, 0.2) is 6.67 Å². The summed E-state index contributed by atoms with van der Waals surface area (Å²) in [7, 11) is 0. The Morgan fingerprint density at radius 2 is 1.38 bits per heavy atom. The number of hydrogen-bond acceptors (Lipinski definition) is 2. The van der Waals surface area contributed by atoms with Crippen molar-refractivity contribution in [2.75, 3.05) is 6.67 Å². The molecular weight excluding hydrogens is 132 g/mol. The zero-order valence-corrected chi connectivity index (χ0v) is 3.61. The molecule has 0 amide bonds. The normalized spacial score (nSPS) is 9.75. The summed E-state index contributed by atoms with van der Waals surface area (Å²) >= 11 is 0. The first-order valence-electron chi connectivity index (χ1n) is 1.39. The van der Waals surface area contributed by atoms with E-state index in [9.17, 15) is 13.2 Å². The Bertz CT molecular complexity index is 41.8. The molecule has 0 aliphatic carbocycles. The lowest BCUT2D eigenvalue weighted by Crippen LogP contribution is -2.15. The minimum atomic E-state index is -4.12. The molecule has 2 nitrogen and oxygen atoms in total. The van der Waals surface area contributed by atoms with Gasteiger partial charge in [-0.05, 0) is 0 Å². The molecule has 2 N–H and O–H groups in total. The molecule has 6 heteroatoms. The summed E-state index contributed by atoms with van der Waals surface area (Å²) in [4.78, 5) is 0. The lowest BCUT2D eigenvalue weighted by Gasteiger charge is -1.97. The third-order valence-corrected chi connectivity index (χ3v) is 0.161. The van der Waals surface area contributed by atoms with E-state index in [1.54, 1.807) is 0 Å². The van der Waals surface area contributed by atoms with E-state index in [0.717, 1.165) is 0 Å². The molecule has 0 aromatic heterocycles. The highest BCUT2D eigenvalue weighted by Crippen LogP contribution is 2.06. The van der Waals surface area contributed by atoms with Crippen LogP contribution in [0.25, 0.3) is 0 Å². The predicted octanol–water partition coefficient (Wildman–Crippen LogP) is 0.404. The first-order valence-corrected chi connectivity index (χ1v) is 1.39. The molecular formula is C2H4F4O2. The first kappa shape index (κ1) is 10.6. The third kappa shape index (κ3) is 17.4. The summed E-state index contributed by atoms with van der Waals surface area (Å²) in [6.07, 6.45) is -4.12. The summed E-state index contributed by atoms with van der Waals surface area (Å²) in [5.74, 6) is 0. The second-order valence-corrected chi connectivity index (χ2v) is 0.799. The largest absolute Gasteiger partial charge is 0.381 e. The van der Waals surface area contributed by atoms with Crippen LogP contribution in [-0.2, 0) is 0 Å². The number of rotatable bonds is 1. The molecule has 0 aromatic carbocycles. The van der Waals surface area contributed by atoms with Gasteiger partial charge in [-0.25, -0.2) is 9.70 Å². The molecule has 0 rings (SSSR count). The zero-order valence-electron chi connectivity index (χ0n) is 3.61. The Balaban J connectivity index is 0. The molecule has 0 heterocycles. The smallest absolute Gasteiger partial charge is 0.334 e. The molecule has 52 valence electrons. The van der Waals surface area contributed by atoms with Gasteiger partial charge in [-0.1, -0.05) is 4.53 Å². The van der Waals surface area contributed by atoms with Gasteiger partial charge in [0.2, 0.25) is 0 Å². The van der Waals surface area contributed by atoms with Crippen molar-refractivity contribution in [2.24, 2.45) is 0 Å². The molecule has 0 aromatic rings. The van der Waals surface area contributed by atoms with Crippen molar-refractivity contribution in [1.82, 2.24) is 0 Å². The van der Waals surface area contributed by atoms with Crippen LogP contribution in [0.4, 0.5) is 17.7 Å². The third-order valence-electron chi connectivity index (χ3n) is 0.161. The van der Waals surface area contributed by atoms with Crippen molar-refractivity contribution in [3.05, 3.63) is 0 Å². The fourth-order valence-electron chi connectivity index (χ4n) is 0. The molecule has 0 aliphatic rings. The van der Waals surface area contributed by atoms with E-state index >= 15 is 0 Å². The Morgan fingerprint density at radius 1 is 1.25 bits per heavy atom. The maximum Gasteiger partial charge on any atom is 0.381 e. The SMILES string of the molecule is OC(F)(F)CF.OF. The van der Waals surface area contributed by atoms with Gasteiger partial charge in [0.1, 0.15) is 0 Å². The Hall–Kier alpha value is -0.360. The molecule has 0 unspecified atom stereocenters. The van der Waals surface area contributed by atoms with Crippen LogP contribution in [0.15, 0.2) is 0 Å². The van der Waals surface area contributed by atoms with Gasteiger partial charge < -0.3 is 5.11 Å². The van der Waals surface area contributed by atoms with E-state index in [-0.39, 0.29) is 0 Å². The van der Waals surface area contributed by atoms with Crippen molar-refractivity contribution in [2.45, 2.75) is 6.11 Å².